The molecule has 0 unspecified atom stereocenters. The number of nitrogens with one attached hydrogen (secondary N) is 1. The molecule has 4 nitrogen and oxygen atoms in total. The van der Waals surface area contributed by atoms with Gasteiger partial charge in [-0.05, 0) is 35.4 Å². The predicted octanol–water partition coefficient (Wildman–Crippen LogP) is 4.49. The Bertz CT molecular complexity index is 718. The first kappa shape index (κ1) is 19.7. The molecule has 2 aromatic carbocycles. The third-order valence-electron chi connectivity index (χ3n) is 4.47. The summed E-state index contributed by atoms with van der Waals surface area (Å²) in [6, 6.07) is 15.8. The van der Waals surface area contributed by atoms with Crippen LogP contribution < -0.4 is 5.32 Å². The van der Waals surface area contributed by atoms with Gasteiger partial charge in [0, 0.05) is 5.69 Å². The topological polar surface area (TPSA) is 55.4 Å². The molecule has 2 rings (SSSR count). The van der Waals surface area contributed by atoms with Crippen LogP contribution in [0.1, 0.15) is 49.8 Å². The summed E-state index contributed by atoms with van der Waals surface area (Å²) >= 11 is 0. The number of hydrogen-bond acceptors (Lipinski definition) is 3. The van der Waals surface area contributed by atoms with Crippen molar-refractivity contribution < 1.29 is 14.3 Å². The van der Waals surface area contributed by atoms with Crippen molar-refractivity contribution in [3.8, 4) is 0 Å². The first-order valence-electron chi connectivity index (χ1n) is 9.16. The third-order valence-corrected chi connectivity index (χ3v) is 4.47. The summed E-state index contributed by atoms with van der Waals surface area (Å²) in [5.41, 5.74) is 4.10. The van der Waals surface area contributed by atoms with Gasteiger partial charge >= 0.3 is 5.97 Å². The smallest absolute Gasteiger partial charge is 0.306 e. The van der Waals surface area contributed by atoms with Crippen molar-refractivity contribution in [2.75, 3.05) is 11.9 Å². The number of benzene rings is 2. The first-order chi connectivity index (χ1) is 12.5. The molecule has 0 aliphatic carbocycles. The lowest BCUT2D eigenvalue weighted by Crippen LogP contribution is -2.22. The van der Waals surface area contributed by atoms with E-state index in [0.29, 0.717) is 0 Å². The van der Waals surface area contributed by atoms with Gasteiger partial charge in [0.05, 0.1) is 6.42 Å². The summed E-state index contributed by atoms with van der Waals surface area (Å²) in [4.78, 5) is 24.2. The van der Waals surface area contributed by atoms with E-state index in [1.165, 1.54) is 0 Å². The number of hydrogen-bond donors (Lipinski definition) is 1. The van der Waals surface area contributed by atoms with Crippen LogP contribution in [-0.2, 0) is 27.2 Å². The number of aryl methyl sites for hydroxylation is 2. The van der Waals surface area contributed by atoms with Crippen LogP contribution in [0.15, 0.2) is 48.5 Å². The molecule has 0 fully saturated rings. The molecule has 0 bridgehead atoms. The number of carbonyl (C=O) groups is 2. The minimum absolute atomic E-state index is 0.0549. The van der Waals surface area contributed by atoms with Crippen molar-refractivity contribution in [2.24, 2.45) is 0 Å². The summed E-state index contributed by atoms with van der Waals surface area (Å²) in [5, 5.41) is 2.91. The fourth-order valence-corrected chi connectivity index (χ4v) is 2.93. The van der Waals surface area contributed by atoms with Gasteiger partial charge in [-0.2, -0.15) is 0 Å². The molecule has 0 saturated carbocycles. The molecule has 1 atom stereocenters. The van der Waals surface area contributed by atoms with E-state index >= 15 is 0 Å². The zero-order valence-electron chi connectivity index (χ0n) is 15.7. The van der Waals surface area contributed by atoms with Gasteiger partial charge < -0.3 is 10.1 Å². The monoisotopic (exact) mass is 353 g/mol. The molecule has 0 aromatic heterocycles. The highest BCUT2D eigenvalue weighted by Crippen LogP contribution is 2.22. The van der Waals surface area contributed by atoms with Crippen LogP contribution in [0.25, 0.3) is 0 Å². The standard InChI is InChI=1S/C22H27NO3/c1-4-17-12-9-13-18(5-2)22(17)23-20(24)15-26-21(25)14-16(3)19-10-7-6-8-11-19/h6-13,16H,4-5,14-15H2,1-3H3,(H,23,24)/t16-/m1/s1. The number of ether oxygens (including phenoxy) is 1. The van der Waals surface area contributed by atoms with Gasteiger partial charge in [-0.3, -0.25) is 9.59 Å². The number of esters is 1. The largest absolute Gasteiger partial charge is 0.456 e. The number of amides is 1. The highest BCUT2D eigenvalue weighted by molar-refractivity contribution is 5.94. The minimum Gasteiger partial charge on any atom is -0.456 e. The minimum atomic E-state index is -0.365. The van der Waals surface area contributed by atoms with Gasteiger partial charge in [0.1, 0.15) is 0 Å². The maximum atomic E-state index is 12.2. The Balaban J connectivity index is 1.88. The van der Waals surface area contributed by atoms with Crippen LogP contribution in [0.4, 0.5) is 5.69 Å². The third kappa shape index (κ3) is 5.45. The average Bonchev–Trinajstić information content (AvgIpc) is 2.67. The Labute approximate surface area is 155 Å². The number of anilines is 1. The Morgan fingerprint density at radius 3 is 2.15 bits per heavy atom. The summed E-state index contributed by atoms with van der Waals surface area (Å²) in [6.07, 6.45) is 1.92. The SMILES string of the molecule is CCc1cccc(CC)c1NC(=O)COC(=O)C[C@@H](C)c1ccccc1. The molecular weight excluding hydrogens is 326 g/mol. The molecular formula is C22H27NO3. The zero-order valence-corrected chi connectivity index (χ0v) is 15.7. The van der Waals surface area contributed by atoms with Crippen LogP contribution in [0.2, 0.25) is 0 Å². The van der Waals surface area contributed by atoms with Crippen LogP contribution in [0.3, 0.4) is 0 Å². The van der Waals surface area contributed by atoms with Gasteiger partial charge in [-0.15, -0.1) is 0 Å². The van der Waals surface area contributed by atoms with Crippen LogP contribution >= 0.6 is 0 Å². The van der Waals surface area contributed by atoms with Gasteiger partial charge in [-0.1, -0.05) is 69.3 Å². The van der Waals surface area contributed by atoms with E-state index in [-0.39, 0.29) is 30.8 Å². The number of carbonyl (C=O) groups excluding carboxylic acids is 2. The summed E-state index contributed by atoms with van der Waals surface area (Å²) in [6.45, 7) is 5.81. The summed E-state index contributed by atoms with van der Waals surface area (Å²) < 4.78 is 5.16. The molecule has 138 valence electrons. The maximum Gasteiger partial charge on any atom is 0.306 e. The van der Waals surface area contributed by atoms with E-state index in [0.717, 1.165) is 35.2 Å². The maximum absolute atomic E-state index is 12.2. The van der Waals surface area contributed by atoms with Gasteiger partial charge in [0.2, 0.25) is 0 Å². The number of para-hydroxylation sites is 1. The highest BCUT2D eigenvalue weighted by atomic mass is 16.5. The summed E-state index contributed by atoms with van der Waals surface area (Å²) in [7, 11) is 0. The first-order valence-corrected chi connectivity index (χ1v) is 9.16. The van der Waals surface area contributed by atoms with Crippen molar-refractivity contribution in [1.82, 2.24) is 0 Å². The Kier molecular flexibility index (Phi) is 7.39. The van der Waals surface area contributed by atoms with Crippen LogP contribution in [0.5, 0.6) is 0 Å². The molecule has 1 amide bonds. The van der Waals surface area contributed by atoms with Crippen LogP contribution in [-0.4, -0.2) is 18.5 Å². The van der Waals surface area contributed by atoms with Crippen LogP contribution in [0, 0.1) is 0 Å². The van der Waals surface area contributed by atoms with Crippen molar-refractivity contribution in [3.63, 3.8) is 0 Å². The van der Waals surface area contributed by atoms with Crippen molar-refractivity contribution in [3.05, 3.63) is 65.2 Å². The van der Waals surface area contributed by atoms with Gasteiger partial charge in [0.25, 0.3) is 5.91 Å². The normalized spacial score (nSPS) is 11.7. The highest BCUT2D eigenvalue weighted by Gasteiger charge is 2.15. The lowest BCUT2D eigenvalue weighted by molar-refractivity contribution is -0.147. The lowest BCUT2D eigenvalue weighted by Gasteiger charge is -2.15. The van der Waals surface area contributed by atoms with Gasteiger partial charge in [-0.25, -0.2) is 0 Å². The second-order valence-corrected chi connectivity index (χ2v) is 6.38. The second kappa shape index (κ2) is 9.76. The summed E-state index contributed by atoms with van der Waals surface area (Å²) in [5.74, 6) is -0.614. The quantitative estimate of drug-likeness (QED) is 0.712. The van der Waals surface area contributed by atoms with E-state index < -0.39 is 0 Å². The van der Waals surface area contributed by atoms with Crippen molar-refractivity contribution in [1.29, 1.82) is 0 Å². The Morgan fingerprint density at radius 2 is 1.58 bits per heavy atom. The predicted molar refractivity (Wildman–Crippen MR) is 104 cm³/mol. The van der Waals surface area contributed by atoms with Crippen molar-refractivity contribution >= 4 is 17.6 Å². The molecule has 0 aliphatic rings. The number of rotatable bonds is 8. The van der Waals surface area contributed by atoms with E-state index in [1.54, 1.807) is 0 Å². The molecule has 26 heavy (non-hydrogen) atoms. The average molecular weight is 353 g/mol. The molecule has 0 aliphatic heterocycles. The lowest BCUT2D eigenvalue weighted by atomic mass is 9.98. The molecule has 4 heteroatoms. The molecule has 1 N–H and O–H groups in total. The van der Waals surface area contributed by atoms with Gasteiger partial charge in [0.15, 0.2) is 6.61 Å². The zero-order chi connectivity index (χ0) is 18.9. The fraction of sp³-hybridized carbons (Fsp3) is 0.364. The molecule has 0 spiro atoms. The Morgan fingerprint density at radius 1 is 0.962 bits per heavy atom. The fourth-order valence-electron chi connectivity index (χ4n) is 2.93. The molecule has 0 radical (unpaired) electrons. The molecule has 0 saturated heterocycles. The molecule has 2 aromatic rings. The second-order valence-electron chi connectivity index (χ2n) is 6.38. The van der Waals surface area contributed by atoms with E-state index in [1.807, 2.05) is 55.5 Å². The van der Waals surface area contributed by atoms with E-state index in [4.69, 9.17) is 4.74 Å². The van der Waals surface area contributed by atoms with E-state index in [9.17, 15) is 9.59 Å². The Hall–Kier alpha value is -2.62. The van der Waals surface area contributed by atoms with E-state index in [2.05, 4.69) is 19.2 Å². The van der Waals surface area contributed by atoms with Crippen molar-refractivity contribution in [2.45, 2.75) is 46.0 Å². The molecule has 0 heterocycles.